The first kappa shape index (κ1) is 13.5. The third-order valence-electron chi connectivity index (χ3n) is 2.98. The predicted octanol–water partition coefficient (Wildman–Crippen LogP) is 5.02. The molecule has 3 aromatic rings. The summed E-state index contributed by atoms with van der Waals surface area (Å²) in [6.07, 6.45) is 1.97. The van der Waals surface area contributed by atoms with E-state index in [0.29, 0.717) is 0 Å². The molecule has 0 saturated heterocycles. The number of anilines is 1. The Bertz CT molecular complexity index is 706. The van der Waals surface area contributed by atoms with Crippen LogP contribution in [0.25, 0.3) is 10.8 Å². The van der Waals surface area contributed by atoms with Gasteiger partial charge < -0.3 is 5.32 Å². The summed E-state index contributed by atoms with van der Waals surface area (Å²) in [7, 11) is 0. The highest BCUT2D eigenvalue weighted by molar-refractivity contribution is 7.98. The van der Waals surface area contributed by atoms with Crippen LogP contribution in [0.15, 0.2) is 53.6 Å². The largest absolute Gasteiger partial charge is 0.362 e. The number of aromatic nitrogens is 1. The molecular formula is C16H16N2S2. The molecule has 102 valence electrons. The van der Waals surface area contributed by atoms with E-state index in [9.17, 15) is 0 Å². The van der Waals surface area contributed by atoms with Crippen molar-refractivity contribution in [1.82, 2.24) is 4.98 Å². The highest BCUT2D eigenvalue weighted by atomic mass is 32.2. The van der Waals surface area contributed by atoms with Crippen molar-refractivity contribution in [2.24, 2.45) is 0 Å². The summed E-state index contributed by atoms with van der Waals surface area (Å²) < 4.78 is 0. The average molecular weight is 300 g/mol. The van der Waals surface area contributed by atoms with Crippen molar-refractivity contribution in [3.8, 4) is 0 Å². The van der Waals surface area contributed by atoms with Crippen LogP contribution in [-0.4, -0.2) is 11.5 Å². The number of thioether (sulfide) groups is 1. The summed E-state index contributed by atoms with van der Waals surface area (Å²) in [5.41, 5.74) is 0. The molecule has 1 heterocycles. The Morgan fingerprint density at radius 3 is 2.85 bits per heavy atom. The Kier molecular flexibility index (Phi) is 4.23. The minimum absolute atomic E-state index is 0.921. The normalized spacial score (nSPS) is 10.8. The molecule has 0 aliphatic heterocycles. The highest BCUT2D eigenvalue weighted by Crippen LogP contribution is 2.29. The molecule has 2 nitrogen and oxygen atoms in total. The van der Waals surface area contributed by atoms with Gasteiger partial charge in [0.1, 0.15) is 0 Å². The van der Waals surface area contributed by atoms with Gasteiger partial charge in [0.15, 0.2) is 5.13 Å². The van der Waals surface area contributed by atoms with Gasteiger partial charge in [-0.15, -0.1) is 23.1 Å². The molecule has 1 N–H and O–H groups in total. The van der Waals surface area contributed by atoms with Gasteiger partial charge in [0.2, 0.25) is 0 Å². The maximum absolute atomic E-state index is 4.36. The summed E-state index contributed by atoms with van der Waals surface area (Å²) in [6.45, 7) is 3.01. The van der Waals surface area contributed by atoms with Crippen LogP contribution in [0.5, 0.6) is 0 Å². The quantitative estimate of drug-likeness (QED) is 0.670. The summed E-state index contributed by atoms with van der Waals surface area (Å²) in [4.78, 5) is 6.97. The molecule has 0 unspecified atom stereocenters. The van der Waals surface area contributed by atoms with Crippen molar-refractivity contribution in [2.75, 3.05) is 11.9 Å². The molecule has 0 aliphatic rings. The molecule has 0 fully saturated rings. The van der Waals surface area contributed by atoms with Crippen LogP contribution in [0.3, 0.4) is 0 Å². The van der Waals surface area contributed by atoms with Crippen LogP contribution < -0.4 is 5.32 Å². The number of nitrogens with zero attached hydrogens (tertiary/aromatic N) is 1. The van der Waals surface area contributed by atoms with E-state index in [1.165, 1.54) is 20.5 Å². The highest BCUT2D eigenvalue weighted by Gasteiger charge is 2.03. The van der Waals surface area contributed by atoms with Crippen molar-refractivity contribution >= 4 is 39.0 Å². The molecule has 0 atom stereocenters. The maximum Gasteiger partial charge on any atom is 0.182 e. The molecule has 0 aliphatic carbocycles. The third-order valence-corrected chi connectivity index (χ3v) is 5.16. The van der Waals surface area contributed by atoms with E-state index in [1.807, 2.05) is 18.0 Å². The summed E-state index contributed by atoms with van der Waals surface area (Å²) in [5, 5.41) is 6.86. The lowest BCUT2D eigenvalue weighted by atomic mass is 10.1. The van der Waals surface area contributed by atoms with Crippen LogP contribution in [0.2, 0.25) is 0 Å². The topological polar surface area (TPSA) is 24.9 Å². The van der Waals surface area contributed by atoms with Crippen LogP contribution >= 0.6 is 23.1 Å². The van der Waals surface area contributed by atoms with Crippen molar-refractivity contribution in [3.05, 3.63) is 53.5 Å². The van der Waals surface area contributed by atoms with E-state index in [1.54, 1.807) is 11.3 Å². The molecule has 0 radical (unpaired) electrons. The fourth-order valence-corrected chi connectivity index (χ4v) is 3.87. The Morgan fingerprint density at radius 1 is 1.15 bits per heavy atom. The Morgan fingerprint density at radius 2 is 2.00 bits per heavy atom. The average Bonchev–Trinajstić information content (AvgIpc) is 2.93. The zero-order chi connectivity index (χ0) is 13.8. The second kappa shape index (κ2) is 6.29. The number of benzene rings is 2. The molecule has 3 rings (SSSR count). The van der Waals surface area contributed by atoms with Crippen LogP contribution in [0.1, 0.15) is 11.8 Å². The fraction of sp³-hybridized carbons (Fsp3) is 0.188. The van der Waals surface area contributed by atoms with Crippen molar-refractivity contribution in [2.45, 2.75) is 17.6 Å². The van der Waals surface area contributed by atoms with Gasteiger partial charge in [-0.2, -0.15) is 0 Å². The van der Waals surface area contributed by atoms with E-state index in [0.717, 1.165) is 17.4 Å². The van der Waals surface area contributed by atoms with Crippen LogP contribution in [-0.2, 0) is 5.75 Å². The first-order valence-electron chi connectivity index (χ1n) is 6.65. The lowest BCUT2D eigenvalue weighted by Crippen LogP contribution is -1.94. The van der Waals surface area contributed by atoms with E-state index >= 15 is 0 Å². The van der Waals surface area contributed by atoms with Gasteiger partial charge in [-0.05, 0) is 29.8 Å². The van der Waals surface area contributed by atoms with Gasteiger partial charge in [-0.25, -0.2) is 4.98 Å². The first-order chi connectivity index (χ1) is 9.85. The zero-order valence-electron chi connectivity index (χ0n) is 11.3. The number of rotatable bonds is 5. The number of hydrogen-bond acceptors (Lipinski definition) is 4. The minimum Gasteiger partial charge on any atom is -0.362 e. The van der Waals surface area contributed by atoms with Gasteiger partial charge in [-0.1, -0.05) is 30.3 Å². The molecule has 20 heavy (non-hydrogen) atoms. The fourth-order valence-electron chi connectivity index (χ4n) is 2.02. The van der Waals surface area contributed by atoms with Crippen molar-refractivity contribution in [1.29, 1.82) is 0 Å². The summed E-state index contributed by atoms with van der Waals surface area (Å²) in [5.74, 6) is 0.974. The van der Waals surface area contributed by atoms with Crippen LogP contribution in [0.4, 0.5) is 5.13 Å². The number of thiazole rings is 1. The van der Waals surface area contributed by atoms with E-state index < -0.39 is 0 Å². The van der Waals surface area contributed by atoms with E-state index in [2.05, 4.69) is 59.7 Å². The minimum atomic E-state index is 0.921. The van der Waals surface area contributed by atoms with Gasteiger partial charge in [0.25, 0.3) is 0 Å². The second-order valence-corrected chi connectivity index (χ2v) is 6.62. The Hall–Kier alpha value is -1.52. The zero-order valence-corrected chi connectivity index (χ0v) is 12.9. The lowest BCUT2D eigenvalue weighted by Gasteiger charge is -2.02. The molecule has 1 aromatic heterocycles. The predicted molar refractivity (Wildman–Crippen MR) is 89.8 cm³/mol. The lowest BCUT2D eigenvalue weighted by molar-refractivity contribution is 1.19. The molecule has 0 amide bonds. The number of nitrogens with one attached hydrogen (secondary N) is 1. The van der Waals surface area contributed by atoms with E-state index in [4.69, 9.17) is 0 Å². The van der Waals surface area contributed by atoms with Crippen LogP contribution in [0, 0.1) is 0 Å². The molecular weight excluding hydrogens is 284 g/mol. The molecule has 0 bridgehead atoms. The third kappa shape index (κ3) is 3.14. The Balaban J connectivity index is 1.69. The molecule has 0 spiro atoms. The van der Waals surface area contributed by atoms with Gasteiger partial charge in [-0.3, -0.25) is 0 Å². The molecule has 2 aromatic carbocycles. The number of hydrogen-bond donors (Lipinski definition) is 1. The smallest absolute Gasteiger partial charge is 0.182 e. The number of fused-ring (bicyclic) bond motifs is 1. The Labute approximate surface area is 127 Å². The SMILES string of the molecule is CCNc1ncc(CSc2ccc3ccccc3c2)s1. The molecule has 0 saturated carbocycles. The summed E-state index contributed by atoms with van der Waals surface area (Å²) >= 11 is 3.60. The maximum atomic E-state index is 4.36. The van der Waals surface area contributed by atoms with Crippen molar-refractivity contribution in [3.63, 3.8) is 0 Å². The van der Waals surface area contributed by atoms with Gasteiger partial charge >= 0.3 is 0 Å². The first-order valence-corrected chi connectivity index (χ1v) is 8.45. The standard InChI is InChI=1S/C16H16N2S2/c1-2-17-16-18-10-15(20-16)11-19-14-8-7-12-5-3-4-6-13(12)9-14/h3-10H,2,11H2,1H3,(H,17,18). The molecule has 4 heteroatoms. The second-order valence-electron chi connectivity index (χ2n) is 4.46. The van der Waals surface area contributed by atoms with E-state index in [-0.39, 0.29) is 0 Å². The monoisotopic (exact) mass is 300 g/mol. The van der Waals surface area contributed by atoms with Gasteiger partial charge in [0, 0.05) is 28.3 Å². The van der Waals surface area contributed by atoms with Crippen molar-refractivity contribution < 1.29 is 0 Å². The van der Waals surface area contributed by atoms with Gasteiger partial charge in [0.05, 0.1) is 0 Å². The summed E-state index contributed by atoms with van der Waals surface area (Å²) in [6, 6.07) is 15.1.